The van der Waals surface area contributed by atoms with Crippen molar-refractivity contribution in [3.8, 4) is 0 Å². The van der Waals surface area contributed by atoms with Gasteiger partial charge in [0.25, 0.3) is 0 Å². The Balaban J connectivity index is 2.73. The molecule has 0 aliphatic carbocycles. The van der Waals surface area contributed by atoms with Crippen molar-refractivity contribution in [1.82, 2.24) is 9.97 Å². The highest BCUT2D eigenvalue weighted by Crippen LogP contribution is 2.13. The number of ether oxygens (including phenoxy) is 2. The number of nitrogens with zero attached hydrogens (tertiary/aromatic N) is 2. The summed E-state index contributed by atoms with van der Waals surface area (Å²) >= 11 is 0. The van der Waals surface area contributed by atoms with Crippen molar-refractivity contribution in [2.75, 3.05) is 12.4 Å². The van der Waals surface area contributed by atoms with E-state index < -0.39 is 17.7 Å². The number of carbonyl (C=O) groups excluding carboxylic acids is 2. The van der Waals surface area contributed by atoms with Crippen molar-refractivity contribution in [1.29, 1.82) is 0 Å². The Morgan fingerprint density at radius 3 is 2.21 bits per heavy atom. The second-order valence-electron chi connectivity index (χ2n) is 4.49. The number of hydrogen-bond acceptors (Lipinski definition) is 6. The van der Waals surface area contributed by atoms with E-state index in [2.05, 4.69) is 20.0 Å². The summed E-state index contributed by atoms with van der Waals surface area (Å²) in [7, 11) is 1.22. The molecule has 1 N–H and O–H groups in total. The number of rotatable bonds is 3. The van der Waals surface area contributed by atoms with Crippen LogP contribution in [0.1, 0.15) is 25.2 Å². The minimum Gasteiger partial charge on any atom is -0.466 e. The molecule has 1 aromatic rings. The lowest BCUT2D eigenvalue weighted by Gasteiger charge is -2.21. The first-order chi connectivity index (χ1) is 8.74. The second-order valence-corrected chi connectivity index (χ2v) is 4.49. The quantitative estimate of drug-likeness (QED) is 0.836. The summed E-state index contributed by atoms with van der Waals surface area (Å²) in [4.78, 5) is 31.1. The molecule has 7 heteroatoms. The molecule has 0 bridgehead atoms. The van der Waals surface area contributed by atoms with E-state index in [1.807, 2.05) is 0 Å². The summed E-state index contributed by atoms with van der Waals surface area (Å²) in [5.74, 6) is -0.521. The average Bonchev–Trinajstić information content (AvgIpc) is 2.25. The zero-order valence-corrected chi connectivity index (χ0v) is 11.6. The summed E-state index contributed by atoms with van der Waals surface area (Å²) in [6, 6.07) is 1.77. The van der Waals surface area contributed by atoms with Crippen LogP contribution in [-0.4, -0.2) is 34.7 Å². The van der Waals surface area contributed by atoms with Gasteiger partial charge in [-0.15, -0.1) is 0 Å². The molecule has 0 radical (unpaired) electrons. The lowest BCUT2D eigenvalue weighted by atomic mass is 10.1. The van der Waals surface area contributed by atoms with Crippen LogP contribution < -0.4 is 5.32 Å². The van der Waals surface area contributed by atoms with Crippen molar-refractivity contribution in [2.24, 2.45) is 0 Å². The van der Waals surface area contributed by atoms with Gasteiger partial charge in [-0.05, 0) is 33.8 Å². The van der Waals surface area contributed by atoms with Crippen LogP contribution in [0.15, 0.2) is 6.07 Å². The lowest BCUT2D eigenvalue weighted by molar-refractivity contribution is -0.158. The number of methoxy groups -OCH3 is 1. The fourth-order valence-corrected chi connectivity index (χ4v) is 1.42. The number of amides is 1. The number of anilines is 1. The third-order valence-electron chi connectivity index (χ3n) is 2.22. The Hall–Kier alpha value is -2.18. The van der Waals surface area contributed by atoms with Crippen molar-refractivity contribution in [3.63, 3.8) is 0 Å². The van der Waals surface area contributed by atoms with Crippen LogP contribution in [0.3, 0.4) is 0 Å². The first kappa shape index (κ1) is 14.9. The molecule has 0 atom stereocenters. The van der Waals surface area contributed by atoms with Gasteiger partial charge in [0, 0.05) is 11.4 Å². The number of aromatic nitrogens is 2. The van der Waals surface area contributed by atoms with Crippen LogP contribution in [0.2, 0.25) is 0 Å². The van der Waals surface area contributed by atoms with Crippen LogP contribution in [-0.2, 0) is 14.3 Å². The van der Waals surface area contributed by atoms with E-state index in [9.17, 15) is 9.59 Å². The highest BCUT2D eigenvalue weighted by Gasteiger charge is 2.33. The van der Waals surface area contributed by atoms with E-state index >= 15 is 0 Å². The third kappa shape index (κ3) is 4.20. The van der Waals surface area contributed by atoms with Gasteiger partial charge in [0.2, 0.25) is 11.5 Å². The number of nitrogens with one attached hydrogen (secondary N) is 1. The maximum atomic E-state index is 11.6. The predicted octanol–water partition coefficient (Wildman–Crippen LogP) is 1.59. The van der Waals surface area contributed by atoms with Crippen molar-refractivity contribution in [3.05, 3.63) is 17.5 Å². The SMILES string of the molecule is COC(=O)C(C)(C)OC(=O)Nc1nc(C)cc(C)n1. The zero-order valence-electron chi connectivity index (χ0n) is 11.6. The van der Waals surface area contributed by atoms with E-state index in [-0.39, 0.29) is 5.95 Å². The second kappa shape index (κ2) is 5.64. The maximum Gasteiger partial charge on any atom is 0.415 e. The van der Waals surface area contributed by atoms with Crippen LogP contribution in [0.4, 0.5) is 10.7 Å². The van der Waals surface area contributed by atoms with Gasteiger partial charge < -0.3 is 9.47 Å². The highest BCUT2D eigenvalue weighted by atomic mass is 16.6. The predicted molar refractivity (Wildman–Crippen MR) is 67.7 cm³/mol. The highest BCUT2D eigenvalue weighted by molar-refractivity contribution is 5.87. The Morgan fingerprint density at radius 1 is 1.21 bits per heavy atom. The monoisotopic (exact) mass is 267 g/mol. The Bertz CT molecular complexity index is 479. The van der Waals surface area contributed by atoms with E-state index in [1.54, 1.807) is 19.9 Å². The van der Waals surface area contributed by atoms with E-state index in [4.69, 9.17) is 4.74 Å². The number of aryl methyl sites for hydroxylation is 2. The summed E-state index contributed by atoms with van der Waals surface area (Å²) in [6.07, 6.45) is -0.819. The van der Waals surface area contributed by atoms with Gasteiger partial charge in [0.15, 0.2) is 0 Å². The Kier molecular flexibility index (Phi) is 4.42. The molecule has 1 heterocycles. The summed E-state index contributed by atoms with van der Waals surface area (Å²) < 4.78 is 9.50. The van der Waals surface area contributed by atoms with Gasteiger partial charge >= 0.3 is 12.1 Å². The average molecular weight is 267 g/mol. The van der Waals surface area contributed by atoms with Gasteiger partial charge in [0.05, 0.1) is 7.11 Å². The molecular formula is C12H17N3O4. The minimum atomic E-state index is -1.38. The maximum absolute atomic E-state index is 11.6. The molecule has 1 amide bonds. The number of carbonyl (C=O) groups is 2. The van der Waals surface area contributed by atoms with E-state index in [0.29, 0.717) is 0 Å². The molecule has 0 saturated carbocycles. The fourth-order valence-electron chi connectivity index (χ4n) is 1.42. The van der Waals surface area contributed by atoms with Crippen molar-refractivity contribution >= 4 is 18.0 Å². The lowest BCUT2D eigenvalue weighted by Crippen LogP contribution is -2.39. The summed E-state index contributed by atoms with van der Waals surface area (Å²) in [6.45, 7) is 6.43. The molecule has 0 aromatic carbocycles. The normalized spacial score (nSPS) is 10.8. The molecule has 1 rings (SSSR count). The minimum absolute atomic E-state index is 0.128. The molecule has 0 aliphatic heterocycles. The Morgan fingerprint density at radius 2 is 1.74 bits per heavy atom. The first-order valence-corrected chi connectivity index (χ1v) is 5.65. The summed E-state index contributed by atoms with van der Waals surface area (Å²) in [5, 5.41) is 2.37. The van der Waals surface area contributed by atoms with Gasteiger partial charge in [-0.3, -0.25) is 5.32 Å². The standard InChI is InChI=1S/C12H17N3O4/c1-7-6-8(2)14-10(13-7)15-11(17)19-12(3,4)9(16)18-5/h6H,1-5H3,(H,13,14,15,17). The Labute approximate surface area is 111 Å². The molecule has 0 aliphatic rings. The van der Waals surface area contributed by atoms with Crippen LogP contribution in [0.25, 0.3) is 0 Å². The van der Waals surface area contributed by atoms with Crippen LogP contribution >= 0.6 is 0 Å². The van der Waals surface area contributed by atoms with E-state index in [1.165, 1.54) is 21.0 Å². The van der Waals surface area contributed by atoms with Gasteiger partial charge in [-0.2, -0.15) is 0 Å². The first-order valence-electron chi connectivity index (χ1n) is 5.65. The molecule has 7 nitrogen and oxygen atoms in total. The molecular weight excluding hydrogens is 250 g/mol. The third-order valence-corrected chi connectivity index (χ3v) is 2.22. The smallest absolute Gasteiger partial charge is 0.415 e. The zero-order chi connectivity index (χ0) is 14.6. The summed E-state index contributed by atoms with van der Waals surface area (Å²) in [5.41, 5.74) is 0.0580. The molecule has 0 saturated heterocycles. The molecule has 104 valence electrons. The van der Waals surface area contributed by atoms with Gasteiger partial charge in [0.1, 0.15) is 0 Å². The molecule has 0 unspecified atom stereocenters. The van der Waals surface area contributed by atoms with Crippen molar-refractivity contribution in [2.45, 2.75) is 33.3 Å². The van der Waals surface area contributed by atoms with Crippen LogP contribution in [0, 0.1) is 13.8 Å². The number of esters is 1. The molecule has 0 spiro atoms. The van der Waals surface area contributed by atoms with Crippen molar-refractivity contribution < 1.29 is 19.1 Å². The van der Waals surface area contributed by atoms with Gasteiger partial charge in [-0.1, -0.05) is 0 Å². The van der Waals surface area contributed by atoms with Gasteiger partial charge in [-0.25, -0.2) is 19.6 Å². The fraction of sp³-hybridized carbons (Fsp3) is 0.500. The van der Waals surface area contributed by atoms with Crippen LogP contribution in [0.5, 0.6) is 0 Å². The molecule has 1 aromatic heterocycles. The molecule has 19 heavy (non-hydrogen) atoms. The number of hydrogen-bond donors (Lipinski definition) is 1. The largest absolute Gasteiger partial charge is 0.466 e. The topological polar surface area (TPSA) is 90.4 Å². The molecule has 0 fully saturated rings. The van der Waals surface area contributed by atoms with E-state index in [0.717, 1.165) is 11.4 Å².